The minimum atomic E-state index is -1.21. The van der Waals surface area contributed by atoms with Crippen LogP contribution in [0.4, 0.5) is 4.79 Å². The summed E-state index contributed by atoms with van der Waals surface area (Å²) >= 11 is 0. The third-order valence-electron chi connectivity index (χ3n) is 2.62. The molecule has 1 aromatic rings. The van der Waals surface area contributed by atoms with E-state index in [1.54, 1.807) is 27.7 Å². The molecule has 0 fully saturated rings. The second kappa shape index (κ2) is 7.21. The smallest absolute Gasteiger partial charge is 0.407 e. The number of carbonyl (C=O) groups excluding carboxylic acids is 1. The van der Waals surface area contributed by atoms with Gasteiger partial charge in [0.25, 0.3) is 0 Å². The number of nitrogens with zero attached hydrogens (tertiary/aromatic N) is 3. The van der Waals surface area contributed by atoms with Crippen LogP contribution >= 0.6 is 0 Å². The molecule has 1 atom stereocenters. The number of rotatable bonds is 6. The number of alkyl carbamates (subject to hydrolysis) is 1. The van der Waals surface area contributed by atoms with Gasteiger partial charge in [0.15, 0.2) is 5.69 Å². The van der Waals surface area contributed by atoms with Gasteiger partial charge in [0.1, 0.15) is 5.60 Å². The van der Waals surface area contributed by atoms with Crippen molar-refractivity contribution < 1.29 is 24.2 Å². The van der Waals surface area contributed by atoms with Gasteiger partial charge in [-0.25, -0.2) is 14.3 Å². The van der Waals surface area contributed by atoms with Crippen molar-refractivity contribution in [2.75, 3.05) is 13.7 Å². The zero-order valence-electron chi connectivity index (χ0n) is 13.4. The number of hydrogen-bond acceptors (Lipinski definition) is 6. The van der Waals surface area contributed by atoms with Gasteiger partial charge in [-0.05, 0) is 27.7 Å². The van der Waals surface area contributed by atoms with Crippen molar-refractivity contribution in [3.05, 3.63) is 11.4 Å². The highest BCUT2D eigenvalue weighted by Crippen LogP contribution is 2.13. The lowest BCUT2D eigenvalue weighted by Gasteiger charge is -2.20. The van der Waals surface area contributed by atoms with E-state index in [2.05, 4.69) is 15.6 Å². The van der Waals surface area contributed by atoms with E-state index < -0.39 is 17.7 Å². The molecule has 1 unspecified atom stereocenters. The molecule has 1 heterocycles. The van der Waals surface area contributed by atoms with Crippen molar-refractivity contribution >= 4 is 12.1 Å². The fraction of sp³-hybridized carbons (Fsp3) is 0.692. The van der Waals surface area contributed by atoms with Gasteiger partial charge in [-0.1, -0.05) is 5.21 Å². The summed E-state index contributed by atoms with van der Waals surface area (Å²) in [5, 5.41) is 19.1. The van der Waals surface area contributed by atoms with E-state index in [1.807, 2.05) is 0 Å². The standard InChI is InChI=1S/C13H22N4O5/c1-8(7-21-5)17-9(10(11(18)19)15-16-17)6-14-12(20)22-13(2,3)4/h8H,6-7H2,1-5H3,(H,14,20)(H,18,19). The van der Waals surface area contributed by atoms with E-state index in [0.717, 1.165) is 0 Å². The summed E-state index contributed by atoms with van der Waals surface area (Å²) in [5.41, 5.74) is -0.566. The molecule has 0 radical (unpaired) electrons. The molecular formula is C13H22N4O5. The molecule has 22 heavy (non-hydrogen) atoms. The van der Waals surface area contributed by atoms with Crippen LogP contribution in [0.2, 0.25) is 0 Å². The van der Waals surface area contributed by atoms with E-state index in [1.165, 1.54) is 11.8 Å². The fourth-order valence-electron chi connectivity index (χ4n) is 1.78. The third kappa shape index (κ3) is 4.99. The molecule has 1 rings (SSSR count). The van der Waals surface area contributed by atoms with Crippen molar-refractivity contribution in [2.45, 2.75) is 45.9 Å². The van der Waals surface area contributed by atoms with Gasteiger partial charge in [0, 0.05) is 7.11 Å². The monoisotopic (exact) mass is 314 g/mol. The first-order valence-corrected chi connectivity index (χ1v) is 6.79. The Morgan fingerprint density at radius 1 is 1.41 bits per heavy atom. The number of hydrogen-bond donors (Lipinski definition) is 2. The number of carbonyl (C=O) groups is 2. The summed E-state index contributed by atoms with van der Waals surface area (Å²) in [4.78, 5) is 22.9. The molecule has 0 aromatic carbocycles. The minimum Gasteiger partial charge on any atom is -0.476 e. The Kier molecular flexibility index (Phi) is 5.86. The molecule has 0 spiro atoms. The van der Waals surface area contributed by atoms with Gasteiger partial charge < -0.3 is 19.9 Å². The summed E-state index contributed by atoms with van der Waals surface area (Å²) in [6.45, 7) is 7.30. The van der Waals surface area contributed by atoms with Crippen molar-refractivity contribution in [1.29, 1.82) is 0 Å². The Morgan fingerprint density at radius 3 is 2.55 bits per heavy atom. The highest BCUT2D eigenvalue weighted by Gasteiger charge is 2.23. The molecule has 1 aromatic heterocycles. The lowest BCUT2D eigenvalue weighted by molar-refractivity contribution is 0.0518. The Labute approximate surface area is 128 Å². The molecule has 9 heteroatoms. The molecule has 9 nitrogen and oxygen atoms in total. The predicted octanol–water partition coefficient (Wildman–Crippen LogP) is 1.21. The van der Waals surface area contributed by atoms with E-state index in [4.69, 9.17) is 14.6 Å². The molecule has 0 aliphatic heterocycles. The Morgan fingerprint density at radius 2 is 2.05 bits per heavy atom. The van der Waals surface area contributed by atoms with Gasteiger partial charge in [-0.3, -0.25) is 0 Å². The average Bonchev–Trinajstić information content (AvgIpc) is 2.78. The Bertz CT molecular complexity index is 535. The first-order valence-electron chi connectivity index (χ1n) is 6.79. The highest BCUT2D eigenvalue weighted by atomic mass is 16.6. The first kappa shape index (κ1) is 17.9. The predicted molar refractivity (Wildman–Crippen MR) is 76.6 cm³/mol. The molecule has 0 bridgehead atoms. The molecule has 0 aliphatic rings. The van der Waals surface area contributed by atoms with Crippen LogP contribution in [0.5, 0.6) is 0 Å². The normalized spacial score (nSPS) is 12.8. The summed E-state index contributed by atoms with van der Waals surface area (Å²) in [7, 11) is 1.53. The van der Waals surface area contributed by atoms with Crippen LogP contribution in [0, 0.1) is 0 Å². The second-order valence-electron chi connectivity index (χ2n) is 5.79. The fourth-order valence-corrected chi connectivity index (χ4v) is 1.78. The number of aromatic nitrogens is 3. The summed E-state index contributed by atoms with van der Waals surface area (Å²) in [6.07, 6.45) is -0.643. The number of amides is 1. The van der Waals surface area contributed by atoms with Crippen LogP contribution < -0.4 is 5.32 Å². The zero-order chi connectivity index (χ0) is 16.9. The van der Waals surface area contributed by atoms with Gasteiger partial charge in [0.2, 0.25) is 0 Å². The van der Waals surface area contributed by atoms with E-state index in [9.17, 15) is 9.59 Å². The number of carboxylic acid groups (broad SMARTS) is 1. The summed E-state index contributed by atoms with van der Waals surface area (Å²) in [6, 6.07) is -0.221. The van der Waals surface area contributed by atoms with Gasteiger partial charge in [0.05, 0.1) is 24.9 Å². The van der Waals surface area contributed by atoms with E-state index in [-0.39, 0.29) is 24.0 Å². The largest absolute Gasteiger partial charge is 0.476 e. The average molecular weight is 314 g/mol. The zero-order valence-corrected chi connectivity index (χ0v) is 13.4. The minimum absolute atomic E-state index is 0.0579. The number of carboxylic acids is 1. The van der Waals surface area contributed by atoms with Crippen molar-refractivity contribution in [3.63, 3.8) is 0 Å². The molecule has 0 saturated carbocycles. The van der Waals surface area contributed by atoms with Crippen molar-refractivity contribution in [2.24, 2.45) is 0 Å². The van der Waals surface area contributed by atoms with E-state index in [0.29, 0.717) is 6.61 Å². The summed E-state index contributed by atoms with van der Waals surface area (Å²) < 4.78 is 11.6. The lowest BCUT2D eigenvalue weighted by Crippen LogP contribution is -2.33. The maximum Gasteiger partial charge on any atom is 0.407 e. The molecule has 1 amide bonds. The van der Waals surface area contributed by atoms with Crippen LogP contribution in [0.3, 0.4) is 0 Å². The van der Waals surface area contributed by atoms with Crippen LogP contribution in [0.1, 0.15) is 49.9 Å². The summed E-state index contributed by atoms with van der Waals surface area (Å²) in [5.74, 6) is -1.21. The van der Waals surface area contributed by atoms with Gasteiger partial charge >= 0.3 is 12.1 Å². The quantitative estimate of drug-likeness (QED) is 0.810. The van der Waals surface area contributed by atoms with Crippen LogP contribution in [0.15, 0.2) is 0 Å². The third-order valence-corrected chi connectivity index (χ3v) is 2.62. The van der Waals surface area contributed by atoms with E-state index >= 15 is 0 Å². The van der Waals surface area contributed by atoms with Crippen LogP contribution in [-0.2, 0) is 16.0 Å². The van der Waals surface area contributed by atoms with Crippen LogP contribution in [0.25, 0.3) is 0 Å². The number of ether oxygens (including phenoxy) is 2. The number of nitrogens with one attached hydrogen (secondary N) is 1. The van der Waals surface area contributed by atoms with Gasteiger partial charge in [-0.15, -0.1) is 5.10 Å². The highest BCUT2D eigenvalue weighted by molar-refractivity contribution is 5.86. The topological polar surface area (TPSA) is 116 Å². The van der Waals surface area contributed by atoms with Crippen LogP contribution in [-0.4, -0.2) is 51.5 Å². The van der Waals surface area contributed by atoms with Crippen molar-refractivity contribution in [3.8, 4) is 0 Å². The molecule has 2 N–H and O–H groups in total. The molecular weight excluding hydrogens is 292 g/mol. The SMILES string of the molecule is COCC(C)n1nnc(C(=O)O)c1CNC(=O)OC(C)(C)C. The number of aromatic carboxylic acids is 1. The maximum absolute atomic E-state index is 11.7. The first-order chi connectivity index (χ1) is 10.2. The maximum atomic E-state index is 11.7. The second-order valence-corrected chi connectivity index (χ2v) is 5.79. The lowest BCUT2D eigenvalue weighted by atomic mass is 10.2. The Balaban J connectivity index is 2.89. The molecule has 0 saturated heterocycles. The van der Waals surface area contributed by atoms with Gasteiger partial charge in [-0.2, -0.15) is 0 Å². The number of methoxy groups -OCH3 is 1. The molecule has 0 aliphatic carbocycles. The van der Waals surface area contributed by atoms with Crippen molar-refractivity contribution in [1.82, 2.24) is 20.3 Å². The Hall–Kier alpha value is -2.16. The molecule has 124 valence electrons.